The van der Waals surface area contributed by atoms with Crippen molar-refractivity contribution in [2.24, 2.45) is 5.92 Å². The molecule has 1 heterocycles. The van der Waals surface area contributed by atoms with Crippen LogP contribution in [0.25, 0.3) is 0 Å². The van der Waals surface area contributed by atoms with Crippen LogP contribution in [0.3, 0.4) is 0 Å². The van der Waals surface area contributed by atoms with Crippen molar-refractivity contribution >= 4 is 29.2 Å². The first-order chi connectivity index (χ1) is 14.2. The molecule has 1 fully saturated rings. The van der Waals surface area contributed by atoms with E-state index >= 15 is 0 Å². The minimum absolute atomic E-state index is 0.0131. The van der Waals surface area contributed by atoms with E-state index in [0.717, 1.165) is 25.9 Å². The Balaban J connectivity index is 1.97. The van der Waals surface area contributed by atoms with Crippen molar-refractivity contribution in [2.45, 2.75) is 39.7 Å². The van der Waals surface area contributed by atoms with Gasteiger partial charge in [-0.3, -0.25) is 19.7 Å². The molecular formula is C20H28N4O6. The summed E-state index contributed by atoms with van der Waals surface area (Å²) < 4.78 is 4.92. The normalized spacial score (nSPS) is 16.1. The Hall–Kier alpha value is -3.17. The first-order valence-corrected chi connectivity index (χ1v) is 9.94. The van der Waals surface area contributed by atoms with E-state index in [1.165, 1.54) is 12.1 Å². The van der Waals surface area contributed by atoms with Gasteiger partial charge in [0.25, 0.3) is 11.6 Å². The summed E-state index contributed by atoms with van der Waals surface area (Å²) in [7, 11) is 0. The Morgan fingerprint density at radius 1 is 1.30 bits per heavy atom. The number of anilines is 1. The summed E-state index contributed by atoms with van der Waals surface area (Å²) in [5.41, 5.74) is 0.284. The van der Waals surface area contributed by atoms with Gasteiger partial charge in [0.05, 0.1) is 17.0 Å². The fourth-order valence-corrected chi connectivity index (χ4v) is 3.29. The molecule has 1 aromatic carbocycles. The molecule has 0 bridgehead atoms. The molecule has 0 aliphatic carbocycles. The molecule has 0 aromatic heterocycles. The molecule has 2 N–H and O–H groups in total. The van der Waals surface area contributed by atoms with Crippen LogP contribution < -0.4 is 15.5 Å². The third-order valence-corrected chi connectivity index (χ3v) is 4.64. The van der Waals surface area contributed by atoms with E-state index in [1.54, 1.807) is 19.9 Å². The van der Waals surface area contributed by atoms with Gasteiger partial charge in [-0.2, -0.15) is 0 Å². The van der Waals surface area contributed by atoms with Crippen LogP contribution in [0.2, 0.25) is 0 Å². The van der Waals surface area contributed by atoms with Gasteiger partial charge in [-0.15, -0.1) is 0 Å². The SMILES string of the molecule is CC(C)NC(=O)CNC(=O)COC(=O)c1ccc(N2CCC[C@H](C)C2)c([N+](=O)[O-])c1. The Labute approximate surface area is 175 Å². The van der Waals surface area contributed by atoms with Gasteiger partial charge in [0.2, 0.25) is 5.91 Å². The zero-order chi connectivity index (χ0) is 22.3. The smallest absolute Gasteiger partial charge is 0.338 e. The average Bonchev–Trinajstić information content (AvgIpc) is 2.69. The molecule has 2 amide bonds. The van der Waals surface area contributed by atoms with Crippen molar-refractivity contribution in [2.75, 3.05) is 31.1 Å². The number of nitro benzene ring substituents is 1. The van der Waals surface area contributed by atoms with Gasteiger partial charge in [-0.05, 0) is 44.7 Å². The summed E-state index contributed by atoms with van der Waals surface area (Å²) in [6.45, 7) is 6.29. The minimum atomic E-state index is -0.849. The van der Waals surface area contributed by atoms with E-state index in [-0.39, 0.29) is 29.7 Å². The lowest BCUT2D eigenvalue weighted by atomic mass is 9.99. The third-order valence-electron chi connectivity index (χ3n) is 4.64. The number of hydrogen-bond acceptors (Lipinski definition) is 7. The van der Waals surface area contributed by atoms with E-state index < -0.39 is 23.4 Å². The molecule has 0 radical (unpaired) electrons. The molecule has 1 saturated heterocycles. The van der Waals surface area contributed by atoms with Gasteiger partial charge in [0, 0.05) is 25.2 Å². The standard InChI is InChI=1S/C20H28N4O6/c1-13(2)22-18(25)10-21-19(26)12-30-20(27)15-6-7-16(17(9-15)24(28)29)23-8-4-5-14(3)11-23/h6-7,9,13-14H,4-5,8,10-12H2,1-3H3,(H,21,26)(H,22,25)/t14-/m0/s1. The number of amides is 2. The molecule has 1 aromatic rings. The van der Waals surface area contributed by atoms with E-state index in [9.17, 15) is 24.5 Å². The number of carbonyl (C=O) groups excluding carboxylic acids is 3. The Bertz CT molecular complexity index is 810. The Morgan fingerprint density at radius 2 is 2.03 bits per heavy atom. The van der Waals surface area contributed by atoms with Crippen LogP contribution in [0.15, 0.2) is 18.2 Å². The van der Waals surface area contributed by atoms with Gasteiger partial charge in [0.1, 0.15) is 5.69 Å². The molecular weight excluding hydrogens is 392 g/mol. The summed E-state index contributed by atoms with van der Waals surface area (Å²) in [5.74, 6) is -1.42. The first-order valence-electron chi connectivity index (χ1n) is 9.94. The lowest BCUT2D eigenvalue weighted by Crippen LogP contribution is -2.41. The van der Waals surface area contributed by atoms with Crippen molar-refractivity contribution in [3.8, 4) is 0 Å². The monoisotopic (exact) mass is 420 g/mol. The summed E-state index contributed by atoms with van der Waals surface area (Å²) >= 11 is 0. The number of benzene rings is 1. The molecule has 10 nitrogen and oxygen atoms in total. The zero-order valence-corrected chi connectivity index (χ0v) is 17.5. The molecule has 1 aliphatic rings. The Kier molecular flexibility index (Phi) is 8.14. The number of hydrogen-bond donors (Lipinski definition) is 2. The number of carbonyl (C=O) groups is 3. The van der Waals surface area contributed by atoms with Crippen LogP contribution in [-0.2, 0) is 14.3 Å². The predicted molar refractivity (Wildman–Crippen MR) is 110 cm³/mol. The average molecular weight is 420 g/mol. The highest BCUT2D eigenvalue weighted by atomic mass is 16.6. The second-order valence-corrected chi connectivity index (χ2v) is 7.73. The van der Waals surface area contributed by atoms with Gasteiger partial charge < -0.3 is 20.3 Å². The maximum atomic E-state index is 12.2. The third kappa shape index (κ3) is 6.71. The number of nitrogens with one attached hydrogen (secondary N) is 2. The number of piperidine rings is 1. The lowest BCUT2D eigenvalue weighted by Gasteiger charge is -2.32. The van der Waals surface area contributed by atoms with Crippen LogP contribution in [0.5, 0.6) is 0 Å². The molecule has 0 spiro atoms. The van der Waals surface area contributed by atoms with Crippen LogP contribution in [0, 0.1) is 16.0 Å². The maximum Gasteiger partial charge on any atom is 0.338 e. The highest BCUT2D eigenvalue weighted by molar-refractivity contribution is 5.93. The van der Waals surface area contributed by atoms with Gasteiger partial charge >= 0.3 is 5.97 Å². The largest absolute Gasteiger partial charge is 0.452 e. The van der Waals surface area contributed by atoms with Crippen molar-refractivity contribution in [3.05, 3.63) is 33.9 Å². The Morgan fingerprint density at radius 3 is 2.67 bits per heavy atom. The van der Waals surface area contributed by atoms with Crippen molar-refractivity contribution in [1.82, 2.24) is 10.6 Å². The zero-order valence-electron chi connectivity index (χ0n) is 17.5. The highest BCUT2D eigenvalue weighted by Crippen LogP contribution is 2.32. The minimum Gasteiger partial charge on any atom is -0.452 e. The van der Waals surface area contributed by atoms with Crippen molar-refractivity contribution in [1.29, 1.82) is 0 Å². The molecule has 1 aliphatic heterocycles. The summed E-state index contributed by atoms with van der Waals surface area (Å²) in [6.07, 6.45) is 2.03. The summed E-state index contributed by atoms with van der Waals surface area (Å²) in [5, 5.41) is 16.5. The molecule has 0 saturated carbocycles. The second kappa shape index (κ2) is 10.6. The van der Waals surface area contributed by atoms with Gasteiger partial charge in [0.15, 0.2) is 6.61 Å². The lowest BCUT2D eigenvalue weighted by molar-refractivity contribution is -0.384. The van der Waals surface area contributed by atoms with Crippen molar-refractivity contribution in [3.63, 3.8) is 0 Å². The fourth-order valence-electron chi connectivity index (χ4n) is 3.29. The topological polar surface area (TPSA) is 131 Å². The van der Waals surface area contributed by atoms with E-state index in [4.69, 9.17) is 4.74 Å². The predicted octanol–water partition coefficient (Wildman–Crippen LogP) is 1.63. The molecule has 30 heavy (non-hydrogen) atoms. The maximum absolute atomic E-state index is 12.2. The molecule has 10 heteroatoms. The van der Waals surface area contributed by atoms with Gasteiger partial charge in [-0.1, -0.05) is 6.92 Å². The summed E-state index contributed by atoms with van der Waals surface area (Å²) in [6, 6.07) is 4.12. The van der Waals surface area contributed by atoms with E-state index in [1.807, 2.05) is 4.90 Å². The van der Waals surface area contributed by atoms with Crippen molar-refractivity contribution < 1.29 is 24.0 Å². The number of rotatable bonds is 8. The number of ether oxygens (including phenoxy) is 1. The molecule has 0 unspecified atom stereocenters. The molecule has 164 valence electrons. The van der Waals surface area contributed by atoms with Crippen LogP contribution >= 0.6 is 0 Å². The summed E-state index contributed by atoms with van der Waals surface area (Å²) in [4.78, 5) is 48.5. The number of esters is 1. The van der Waals surface area contributed by atoms with Gasteiger partial charge in [-0.25, -0.2) is 4.79 Å². The number of nitrogens with zero attached hydrogens (tertiary/aromatic N) is 2. The van der Waals surface area contributed by atoms with Crippen LogP contribution in [0.1, 0.15) is 44.0 Å². The molecule has 2 rings (SSSR count). The second-order valence-electron chi connectivity index (χ2n) is 7.73. The van der Waals surface area contributed by atoms with E-state index in [0.29, 0.717) is 11.6 Å². The van der Waals surface area contributed by atoms with Crippen LogP contribution in [-0.4, -0.2) is 55.0 Å². The van der Waals surface area contributed by atoms with E-state index in [2.05, 4.69) is 17.6 Å². The van der Waals surface area contributed by atoms with Crippen LogP contribution in [0.4, 0.5) is 11.4 Å². The number of nitro groups is 1. The highest BCUT2D eigenvalue weighted by Gasteiger charge is 2.25. The fraction of sp³-hybridized carbons (Fsp3) is 0.550. The first kappa shape index (κ1) is 23.1. The molecule has 1 atom stereocenters. The quantitative estimate of drug-likeness (QED) is 0.371.